The molecular weight excluding hydrogens is 216 g/mol. The fraction of sp³-hybridized carbons (Fsp3) is 0.462. The second kappa shape index (κ2) is 5.19. The highest BCUT2D eigenvalue weighted by Gasteiger charge is 2.17. The van der Waals surface area contributed by atoms with E-state index in [1.165, 1.54) is 25.6 Å². The first-order valence-corrected chi connectivity index (χ1v) is 5.90. The van der Waals surface area contributed by atoms with E-state index in [2.05, 4.69) is 9.64 Å². The van der Waals surface area contributed by atoms with Crippen LogP contribution in [0.15, 0.2) is 24.3 Å². The van der Waals surface area contributed by atoms with Gasteiger partial charge in [0.05, 0.1) is 7.11 Å². The van der Waals surface area contributed by atoms with Crippen molar-refractivity contribution in [1.29, 1.82) is 0 Å². The van der Waals surface area contributed by atoms with Crippen molar-refractivity contribution in [3.8, 4) is 0 Å². The molecule has 1 heterocycles. The molecule has 0 radical (unpaired) electrons. The summed E-state index contributed by atoms with van der Waals surface area (Å²) in [6.07, 6.45) is 2.51. The van der Waals surface area contributed by atoms with Gasteiger partial charge in [0.25, 0.3) is 0 Å². The number of carbonyl (C=O) groups is 1. The van der Waals surface area contributed by atoms with E-state index in [1.54, 1.807) is 0 Å². The normalized spacial score (nSPS) is 16.9. The van der Waals surface area contributed by atoms with Crippen molar-refractivity contribution in [1.82, 2.24) is 0 Å². The van der Waals surface area contributed by atoms with Crippen LogP contribution in [0.5, 0.6) is 0 Å². The topological polar surface area (TPSA) is 55.6 Å². The van der Waals surface area contributed by atoms with E-state index < -0.39 is 12.0 Å². The Morgan fingerprint density at radius 1 is 1.29 bits per heavy atom. The lowest BCUT2D eigenvalue weighted by atomic mass is 10.1. The minimum absolute atomic E-state index is 0.404. The lowest BCUT2D eigenvalue weighted by Gasteiger charge is -2.18. The molecule has 0 aromatic heterocycles. The molecule has 1 aliphatic heterocycles. The minimum atomic E-state index is -0.687. The van der Waals surface area contributed by atoms with E-state index in [0.717, 1.165) is 18.7 Å². The smallest absolute Gasteiger partial charge is 0.327 e. The number of esters is 1. The third-order valence-electron chi connectivity index (χ3n) is 3.18. The maximum absolute atomic E-state index is 11.3. The van der Waals surface area contributed by atoms with Gasteiger partial charge >= 0.3 is 5.97 Å². The molecule has 0 aliphatic carbocycles. The van der Waals surface area contributed by atoms with Gasteiger partial charge in [-0.15, -0.1) is 0 Å². The number of carbonyl (C=O) groups excluding carboxylic acids is 1. The molecule has 0 unspecified atom stereocenters. The third-order valence-corrected chi connectivity index (χ3v) is 3.18. The molecule has 0 spiro atoms. The minimum Gasteiger partial charge on any atom is -0.468 e. The Labute approximate surface area is 101 Å². The summed E-state index contributed by atoms with van der Waals surface area (Å²) in [6.45, 7) is 2.23. The molecule has 0 saturated carbocycles. The lowest BCUT2D eigenvalue weighted by Crippen LogP contribution is -2.23. The summed E-state index contributed by atoms with van der Waals surface area (Å²) in [5.74, 6) is -0.404. The number of nitrogens with zero attached hydrogens (tertiary/aromatic N) is 1. The maximum Gasteiger partial charge on any atom is 0.327 e. The molecule has 1 aromatic carbocycles. The molecule has 2 N–H and O–H groups in total. The van der Waals surface area contributed by atoms with Crippen LogP contribution in [-0.2, 0) is 9.53 Å². The van der Waals surface area contributed by atoms with Crippen molar-refractivity contribution in [3.05, 3.63) is 29.8 Å². The predicted molar refractivity (Wildman–Crippen MR) is 66.8 cm³/mol. The molecule has 4 heteroatoms. The monoisotopic (exact) mass is 234 g/mol. The van der Waals surface area contributed by atoms with Crippen molar-refractivity contribution in [3.63, 3.8) is 0 Å². The molecule has 1 aliphatic rings. The summed E-state index contributed by atoms with van der Waals surface area (Å²) < 4.78 is 4.62. The van der Waals surface area contributed by atoms with Gasteiger partial charge in [0.2, 0.25) is 0 Å². The summed E-state index contributed by atoms with van der Waals surface area (Å²) in [5.41, 5.74) is 7.75. The number of benzene rings is 1. The summed E-state index contributed by atoms with van der Waals surface area (Å²) in [6, 6.07) is 7.14. The molecule has 4 nitrogen and oxygen atoms in total. The van der Waals surface area contributed by atoms with E-state index in [9.17, 15) is 4.79 Å². The number of methoxy groups -OCH3 is 1. The summed E-state index contributed by atoms with van der Waals surface area (Å²) in [5, 5.41) is 0. The number of ether oxygens (including phenoxy) is 1. The van der Waals surface area contributed by atoms with E-state index in [0.29, 0.717) is 0 Å². The van der Waals surface area contributed by atoms with Crippen LogP contribution in [0.1, 0.15) is 24.4 Å². The Balaban J connectivity index is 2.09. The van der Waals surface area contributed by atoms with Crippen LogP contribution in [-0.4, -0.2) is 26.2 Å². The van der Waals surface area contributed by atoms with E-state index in [1.807, 2.05) is 24.3 Å². The van der Waals surface area contributed by atoms with Crippen LogP contribution in [0, 0.1) is 0 Å². The number of anilines is 1. The summed E-state index contributed by atoms with van der Waals surface area (Å²) >= 11 is 0. The SMILES string of the molecule is COC(=O)[C@@H](N)c1ccc(N2CCCC2)cc1. The van der Waals surface area contributed by atoms with Crippen LogP contribution in [0.4, 0.5) is 5.69 Å². The zero-order valence-corrected chi connectivity index (χ0v) is 10.1. The predicted octanol–water partition coefficient (Wildman–Crippen LogP) is 1.46. The van der Waals surface area contributed by atoms with Gasteiger partial charge in [-0.25, -0.2) is 0 Å². The van der Waals surface area contributed by atoms with Gasteiger partial charge in [-0.05, 0) is 30.5 Å². The Morgan fingerprint density at radius 2 is 1.88 bits per heavy atom. The van der Waals surface area contributed by atoms with Crippen LogP contribution in [0.2, 0.25) is 0 Å². The van der Waals surface area contributed by atoms with Crippen molar-refractivity contribution < 1.29 is 9.53 Å². The highest BCUT2D eigenvalue weighted by atomic mass is 16.5. The number of hydrogen-bond donors (Lipinski definition) is 1. The van der Waals surface area contributed by atoms with Crippen LogP contribution in [0.3, 0.4) is 0 Å². The maximum atomic E-state index is 11.3. The average Bonchev–Trinajstić information content (AvgIpc) is 2.91. The second-order valence-electron chi connectivity index (χ2n) is 4.29. The Kier molecular flexibility index (Phi) is 3.64. The van der Waals surface area contributed by atoms with Crippen LogP contribution >= 0.6 is 0 Å². The van der Waals surface area contributed by atoms with E-state index in [4.69, 9.17) is 5.73 Å². The number of nitrogens with two attached hydrogens (primary N) is 1. The van der Waals surface area contributed by atoms with Gasteiger partial charge < -0.3 is 15.4 Å². The van der Waals surface area contributed by atoms with Crippen LogP contribution < -0.4 is 10.6 Å². The Hall–Kier alpha value is -1.55. The summed E-state index contributed by atoms with van der Waals surface area (Å²) in [4.78, 5) is 13.6. The first kappa shape index (κ1) is 11.9. The number of hydrogen-bond acceptors (Lipinski definition) is 4. The first-order chi connectivity index (χ1) is 8.22. The largest absolute Gasteiger partial charge is 0.468 e. The highest BCUT2D eigenvalue weighted by molar-refractivity contribution is 5.77. The lowest BCUT2D eigenvalue weighted by molar-refractivity contribution is -0.142. The zero-order valence-electron chi connectivity index (χ0n) is 10.1. The van der Waals surface area contributed by atoms with Gasteiger partial charge in [0.15, 0.2) is 0 Å². The zero-order chi connectivity index (χ0) is 12.3. The van der Waals surface area contributed by atoms with Gasteiger partial charge in [0.1, 0.15) is 6.04 Å². The second-order valence-corrected chi connectivity index (χ2v) is 4.29. The van der Waals surface area contributed by atoms with E-state index in [-0.39, 0.29) is 0 Å². The van der Waals surface area contributed by atoms with Gasteiger partial charge in [-0.3, -0.25) is 4.79 Å². The van der Waals surface area contributed by atoms with Gasteiger partial charge in [-0.2, -0.15) is 0 Å². The molecule has 92 valence electrons. The molecule has 0 bridgehead atoms. The molecule has 1 aromatic rings. The Bertz CT molecular complexity index is 383. The molecule has 2 rings (SSSR count). The standard InChI is InChI=1S/C13H18N2O2/c1-17-13(16)12(14)10-4-6-11(7-5-10)15-8-2-3-9-15/h4-7,12H,2-3,8-9,14H2,1H3/t12-/m0/s1. The molecule has 1 saturated heterocycles. The molecule has 1 atom stereocenters. The Morgan fingerprint density at radius 3 is 2.41 bits per heavy atom. The average molecular weight is 234 g/mol. The molecule has 0 amide bonds. The van der Waals surface area contributed by atoms with Gasteiger partial charge in [-0.1, -0.05) is 12.1 Å². The van der Waals surface area contributed by atoms with Crippen molar-refractivity contribution in [2.75, 3.05) is 25.1 Å². The van der Waals surface area contributed by atoms with Crippen molar-refractivity contribution >= 4 is 11.7 Å². The fourth-order valence-corrected chi connectivity index (χ4v) is 2.13. The molecule has 1 fully saturated rings. The summed E-state index contributed by atoms with van der Waals surface area (Å²) in [7, 11) is 1.35. The molecule has 17 heavy (non-hydrogen) atoms. The number of rotatable bonds is 3. The quantitative estimate of drug-likeness (QED) is 0.804. The molecular formula is C13H18N2O2. The highest BCUT2D eigenvalue weighted by Crippen LogP contribution is 2.22. The van der Waals surface area contributed by atoms with Crippen molar-refractivity contribution in [2.45, 2.75) is 18.9 Å². The third kappa shape index (κ3) is 2.58. The first-order valence-electron chi connectivity index (χ1n) is 5.90. The van der Waals surface area contributed by atoms with E-state index >= 15 is 0 Å². The van der Waals surface area contributed by atoms with Gasteiger partial charge in [0, 0.05) is 18.8 Å². The van der Waals surface area contributed by atoms with Crippen LogP contribution in [0.25, 0.3) is 0 Å². The van der Waals surface area contributed by atoms with Crippen molar-refractivity contribution in [2.24, 2.45) is 5.73 Å². The fourth-order valence-electron chi connectivity index (χ4n) is 2.13.